The molecule has 0 aliphatic carbocycles. The SMILES string of the molecule is Cl.Nn1cnnc1N/N=C/c1c[nH]c2ccccc12. The van der Waals surface area contributed by atoms with Crippen molar-refractivity contribution in [2.45, 2.75) is 0 Å². The first-order chi connectivity index (χ1) is 8.84. The molecular weight excluding hydrogens is 266 g/mol. The number of hydrogen-bond donors (Lipinski definition) is 3. The highest BCUT2D eigenvalue weighted by molar-refractivity contribution is 5.99. The van der Waals surface area contributed by atoms with Crippen molar-refractivity contribution in [2.24, 2.45) is 5.10 Å². The van der Waals surface area contributed by atoms with Crippen LogP contribution in [0.3, 0.4) is 0 Å². The fraction of sp³-hybridized carbons (Fsp3) is 0. The number of halogens is 1. The lowest BCUT2D eigenvalue weighted by atomic mass is 10.2. The van der Waals surface area contributed by atoms with Crippen LogP contribution in [-0.4, -0.2) is 26.1 Å². The van der Waals surface area contributed by atoms with Crippen molar-refractivity contribution in [3.63, 3.8) is 0 Å². The van der Waals surface area contributed by atoms with E-state index in [4.69, 9.17) is 5.84 Å². The van der Waals surface area contributed by atoms with Crippen LogP contribution >= 0.6 is 12.4 Å². The molecule has 19 heavy (non-hydrogen) atoms. The number of rotatable bonds is 3. The quantitative estimate of drug-likeness (QED) is 0.382. The highest BCUT2D eigenvalue weighted by Gasteiger charge is 2.00. The summed E-state index contributed by atoms with van der Waals surface area (Å²) in [5.41, 5.74) is 4.77. The van der Waals surface area contributed by atoms with Crippen LogP contribution in [0.4, 0.5) is 5.95 Å². The van der Waals surface area contributed by atoms with E-state index in [1.165, 1.54) is 11.0 Å². The van der Waals surface area contributed by atoms with E-state index < -0.39 is 0 Å². The molecule has 3 aromatic rings. The van der Waals surface area contributed by atoms with Crippen molar-refractivity contribution in [2.75, 3.05) is 11.3 Å². The normalized spacial score (nSPS) is 10.7. The molecule has 0 aliphatic rings. The van der Waals surface area contributed by atoms with Gasteiger partial charge in [0.05, 0.1) is 6.21 Å². The largest absolute Gasteiger partial charge is 0.361 e. The van der Waals surface area contributed by atoms with Crippen LogP contribution < -0.4 is 11.3 Å². The third-order valence-corrected chi connectivity index (χ3v) is 2.56. The molecule has 8 heteroatoms. The number of aromatic amines is 1. The van der Waals surface area contributed by atoms with Gasteiger partial charge in [-0.15, -0.1) is 22.6 Å². The number of para-hydroxylation sites is 1. The molecule has 0 fully saturated rings. The lowest BCUT2D eigenvalue weighted by Gasteiger charge is -1.96. The smallest absolute Gasteiger partial charge is 0.263 e. The summed E-state index contributed by atoms with van der Waals surface area (Å²) in [7, 11) is 0. The summed E-state index contributed by atoms with van der Waals surface area (Å²) < 4.78 is 1.26. The number of nitrogen functional groups attached to an aromatic ring is 1. The topological polar surface area (TPSA) is 96.9 Å². The maximum atomic E-state index is 5.54. The molecular formula is C11H12ClN7. The summed E-state index contributed by atoms with van der Waals surface area (Å²) in [5.74, 6) is 5.92. The third-order valence-electron chi connectivity index (χ3n) is 2.56. The monoisotopic (exact) mass is 277 g/mol. The van der Waals surface area contributed by atoms with Gasteiger partial charge in [0.15, 0.2) is 0 Å². The Morgan fingerprint density at radius 1 is 1.37 bits per heavy atom. The molecule has 0 spiro atoms. The van der Waals surface area contributed by atoms with E-state index in [2.05, 4.69) is 25.7 Å². The Kier molecular flexibility index (Phi) is 3.67. The Balaban J connectivity index is 0.00000133. The second-order valence-corrected chi connectivity index (χ2v) is 3.72. The van der Waals surface area contributed by atoms with Crippen molar-refractivity contribution in [1.82, 2.24) is 19.9 Å². The van der Waals surface area contributed by atoms with Gasteiger partial charge in [0, 0.05) is 22.7 Å². The van der Waals surface area contributed by atoms with Gasteiger partial charge in [-0.25, -0.2) is 10.1 Å². The highest BCUT2D eigenvalue weighted by Crippen LogP contribution is 2.15. The summed E-state index contributed by atoms with van der Waals surface area (Å²) in [6.45, 7) is 0. The van der Waals surface area contributed by atoms with Gasteiger partial charge in [0.1, 0.15) is 6.33 Å². The fourth-order valence-corrected chi connectivity index (χ4v) is 1.68. The number of benzene rings is 1. The second-order valence-electron chi connectivity index (χ2n) is 3.72. The van der Waals surface area contributed by atoms with Crippen LogP contribution in [-0.2, 0) is 0 Å². The van der Waals surface area contributed by atoms with E-state index in [0.29, 0.717) is 5.95 Å². The zero-order chi connectivity index (χ0) is 12.4. The Hall–Kier alpha value is -2.54. The van der Waals surface area contributed by atoms with Crippen molar-refractivity contribution < 1.29 is 0 Å². The van der Waals surface area contributed by atoms with Crippen molar-refractivity contribution in [3.8, 4) is 0 Å². The van der Waals surface area contributed by atoms with Gasteiger partial charge in [0.2, 0.25) is 0 Å². The lowest BCUT2D eigenvalue weighted by molar-refractivity contribution is 0.988. The Bertz CT molecular complexity index is 700. The number of nitrogens with one attached hydrogen (secondary N) is 2. The van der Waals surface area contributed by atoms with E-state index in [-0.39, 0.29) is 12.4 Å². The zero-order valence-electron chi connectivity index (χ0n) is 9.82. The van der Waals surface area contributed by atoms with Gasteiger partial charge >= 0.3 is 0 Å². The van der Waals surface area contributed by atoms with Crippen LogP contribution in [0.15, 0.2) is 41.9 Å². The van der Waals surface area contributed by atoms with E-state index in [1.807, 2.05) is 30.5 Å². The minimum absolute atomic E-state index is 0. The second kappa shape index (κ2) is 5.40. The molecule has 0 aliphatic heterocycles. The summed E-state index contributed by atoms with van der Waals surface area (Å²) in [5, 5.41) is 12.6. The molecule has 3 rings (SSSR count). The number of fused-ring (bicyclic) bond motifs is 1. The average molecular weight is 278 g/mol. The molecule has 0 saturated carbocycles. The fourth-order valence-electron chi connectivity index (χ4n) is 1.68. The summed E-state index contributed by atoms with van der Waals surface area (Å²) in [4.78, 5) is 3.17. The number of nitrogens with zero attached hydrogens (tertiary/aromatic N) is 4. The standard InChI is InChI=1S/C11H11N7.ClH/c12-18-7-15-17-11(18)16-14-6-8-5-13-10-4-2-1-3-9(8)10;/h1-7,13H,12H2,(H,16,17);1H/b14-6+;. The minimum atomic E-state index is 0. The first kappa shape index (κ1) is 12.9. The third kappa shape index (κ3) is 2.50. The number of aromatic nitrogens is 4. The molecule has 1 aromatic carbocycles. The van der Waals surface area contributed by atoms with Crippen LogP contribution in [0, 0.1) is 0 Å². The molecule has 98 valence electrons. The maximum absolute atomic E-state index is 5.54. The maximum Gasteiger partial charge on any atom is 0.263 e. The van der Waals surface area contributed by atoms with Gasteiger partial charge in [-0.3, -0.25) is 0 Å². The van der Waals surface area contributed by atoms with Crippen LogP contribution in [0.2, 0.25) is 0 Å². The Morgan fingerprint density at radius 3 is 3.00 bits per heavy atom. The number of H-pyrrole nitrogens is 1. The lowest BCUT2D eigenvalue weighted by Crippen LogP contribution is -2.10. The van der Waals surface area contributed by atoms with Crippen molar-refractivity contribution in [1.29, 1.82) is 0 Å². The summed E-state index contributed by atoms with van der Waals surface area (Å²) >= 11 is 0. The summed E-state index contributed by atoms with van der Waals surface area (Å²) in [6.07, 6.45) is 4.99. The first-order valence-electron chi connectivity index (χ1n) is 5.35. The van der Waals surface area contributed by atoms with E-state index in [0.717, 1.165) is 16.5 Å². The molecule has 0 bridgehead atoms. The highest BCUT2D eigenvalue weighted by atomic mass is 35.5. The van der Waals surface area contributed by atoms with Crippen molar-refractivity contribution >= 4 is 35.5 Å². The van der Waals surface area contributed by atoms with Gasteiger partial charge in [-0.2, -0.15) is 5.10 Å². The zero-order valence-corrected chi connectivity index (χ0v) is 10.6. The molecule has 0 unspecified atom stereocenters. The molecule has 2 aromatic heterocycles. The average Bonchev–Trinajstić information content (AvgIpc) is 2.97. The number of anilines is 1. The predicted molar refractivity (Wildman–Crippen MR) is 76.9 cm³/mol. The molecule has 7 nitrogen and oxygen atoms in total. The summed E-state index contributed by atoms with van der Waals surface area (Å²) in [6, 6.07) is 8.00. The van der Waals surface area contributed by atoms with Crippen LogP contribution in [0.5, 0.6) is 0 Å². The molecule has 4 N–H and O–H groups in total. The first-order valence-corrected chi connectivity index (χ1v) is 5.35. The van der Waals surface area contributed by atoms with E-state index in [9.17, 15) is 0 Å². The van der Waals surface area contributed by atoms with Crippen LogP contribution in [0.25, 0.3) is 10.9 Å². The molecule has 0 saturated heterocycles. The minimum Gasteiger partial charge on any atom is -0.361 e. The van der Waals surface area contributed by atoms with Gasteiger partial charge in [0.25, 0.3) is 5.95 Å². The van der Waals surface area contributed by atoms with Gasteiger partial charge in [-0.05, 0) is 6.07 Å². The number of hydrogen-bond acceptors (Lipinski definition) is 5. The Labute approximate surface area is 114 Å². The predicted octanol–water partition coefficient (Wildman–Crippen LogP) is 1.34. The Morgan fingerprint density at radius 2 is 2.21 bits per heavy atom. The van der Waals surface area contributed by atoms with Crippen molar-refractivity contribution in [3.05, 3.63) is 42.4 Å². The number of nitrogens with two attached hydrogens (primary N) is 1. The van der Waals surface area contributed by atoms with E-state index >= 15 is 0 Å². The molecule has 0 amide bonds. The number of hydrazone groups is 1. The molecule has 0 atom stereocenters. The van der Waals surface area contributed by atoms with E-state index in [1.54, 1.807) is 6.21 Å². The van der Waals surface area contributed by atoms with Gasteiger partial charge < -0.3 is 10.8 Å². The van der Waals surface area contributed by atoms with Crippen LogP contribution in [0.1, 0.15) is 5.56 Å². The molecule has 0 radical (unpaired) electrons. The molecule has 2 heterocycles. The van der Waals surface area contributed by atoms with Gasteiger partial charge in [-0.1, -0.05) is 18.2 Å².